The SMILES string of the molecule is CC(C)C1CCCN1c1nc(C(C)(C)C)c(CO)s1. The lowest BCUT2D eigenvalue weighted by molar-refractivity contribution is 0.282. The number of aliphatic hydroxyl groups is 1. The first-order chi connectivity index (χ1) is 8.84. The van der Waals surface area contributed by atoms with E-state index in [2.05, 4.69) is 39.5 Å². The molecule has 1 unspecified atom stereocenters. The van der Waals surface area contributed by atoms with E-state index in [0.717, 1.165) is 22.2 Å². The number of rotatable bonds is 3. The van der Waals surface area contributed by atoms with Crippen LogP contribution in [0, 0.1) is 5.92 Å². The van der Waals surface area contributed by atoms with E-state index in [1.54, 1.807) is 11.3 Å². The van der Waals surface area contributed by atoms with Gasteiger partial charge in [0.25, 0.3) is 0 Å². The molecule has 1 atom stereocenters. The molecule has 1 fully saturated rings. The average molecular weight is 282 g/mol. The second kappa shape index (κ2) is 5.41. The van der Waals surface area contributed by atoms with Crippen molar-refractivity contribution in [3.63, 3.8) is 0 Å². The molecule has 1 aliphatic heterocycles. The fourth-order valence-electron chi connectivity index (χ4n) is 2.88. The van der Waals surface area contributed by atoms with Gasteiger partial charge in [0.15, 0.2) is 5.13 Å². The van der Waals surface area contributed by atoms with Gasteiger partial charge in [-0.05, 0) is 18.8 Å². The zero-order valence-electron chi connectivity index (χ0n) is 12.7. The number of thiazole rings is 1. The number of nitrogens with zero attached hydrogens (tertiary/aromatic N) is 2. The molecule has 0 spiro atoms. The van der Waals surface area contributed by atoms with Crippen LogP contribution >= 0.6 is 11.3 Å². The largest absolute Gasteiger partial charge is 0.391 e. The predicted molar refractivity (Wildman–Crippen MR) is 81.9 cm³/mol. The summed E-state index contributed by atoms with van der Waals surface area (Å²) in [5.74, 6) is 0.655. The summed E-state index contributed by atoms with van der Waals surface area (Å²) in [4.78, 5) is 8.32. The Morgan fingerprint density at radius 2 is 2.11 bits per heavy atom. The van der Waals surface area contributed by atoms with Crippen molar-refractivity contribution in [2.75, 3.05) is 11.4 Å². The van der Waals surface area contributed by atoms with Gasteiger partial charge in [-0.3, -0.25) is 0 Å². The molecule has 19 heavy (non-hydrogen) atoms. The molecule has 0 saturated carbocycles. The molecule has 0 bridgehead atoms. The lowest BCUT2D eigenvalue weighted by Crippen LogP contribution is -2.33. The maximum absolute atomic E-state index is 9.56. The van der Waals surface area contributed by atoms with Crippen LogP contribution in [-0.4, -0.2) is 22.7 Å². The van der Waals surface area contributed by atoms with Crippen LogP contribution in [0.4, 0.5) is 5.13 Å². The normalized spacial score (nSPS) is 20.6. The van der Waals surface area contributed by atoms with E-state index >= 15 is 0 Å². The third-order valence-electron chi connectivity index (χ3n) is 3.85. The third kappa shape index (κ3) is 2.95. The summed E-state index contributed by atoms with van der Waals surface area (Å²) >= 11 is 1.67. The highest BCUT2D eigenvalue weighted by molar-refractivity contribution is 7.15. The Morgan fingerprint density at radius 1 is 1.42 bits per heavy atom. The van der Waals surface area contributed by atoms with Gasteiger partial charge in [-0.15, -0.1) is 0 Å². The van der Waals surface area contributed by atoms with Gasteiger partial charge < -0.3 is 10.0 Å². The molecule has 1 N–H and O–H groups in total. The topological polar surface area (TPSA) is 36.4 Å². The molecule has 0 aromatic carbocycles. The molecule has 1 saturated heterocycles. The molecular weight excluding hydrogens is 256 g/mol. The van der Waals surface area contributed by atoms with Crippen LogP contribution in [0.1, 0.15) is 58.0 Å². The summed E-state index contributed by atoms with van der Waals surface area (Å²) in [6, 6.07) is 0.602. The number of hydrogen-bond donors (Lipinski definition) is 1. The van der Waals surface area contributed by atoms with Crippen LogP contribution in [0.3, 0.4) is 0 Å². The minimum absolute atomic E-state index is 0.000134. The van der Waals surface area contributed by atoms with Crippen molar-refractivity contribution in [1.29, 1.82) is 0 Å². The molecule has 0 amide bonds. The Bertz CT molecular complexity index is 434. The number of aromatic nitrogens is 1. The maximum Gasteiger partial charge on any atom is 0.186 e. The highest BCUT2D eigenvalue weighted by Crippen LogP contribution is 2.37. The highest BCUT2D eigenvalue weighted by atomic mass is 32.1. The minimum Gasteiger partial charge on any atom is -0.391 e. The standard InChI is InChI=1S/C15H26N2OS/c1-10(2)11-7-6-8-17(11)14-16-13(15(3,4)5)12(9-18)19-14/h10-11,18H,6-9H2,1-5H3. The van der Waals surface area contributed by atoms with Crippen molar-refractivity contribution in [2.24, 2.45) is 5.92 Å². The van der Waals surface area contributed by atoms with Crippen molar-refractivity contribution in [2.45, 2.75) is 65.5 Å². The van der Waals surface area contributed by atoms with Gasteiger partial charge in [0.1, 0.15) is 0 Å². The lowest BCUT2D eigenvalue weighted by atomic mass is 9.91. The Kier molecular flexibility index (Phi) is 4.21. The van der Waals surface area contributed by atoms with Crippen molar-refractivity contribution in [1.82, 2.24) is 4.98 Å². The van der Waals surface area contributed by atoms with Crippen molar-refractivity contribution >= 4 is 16.5 Å². The fourth-order valence-corrected chi connectivity index (χ4v) is 4.09. The van der Waals surface area contributed by atoms with Crippen molar-refractivity contribution in [3.05, 3.63) is 10.6 Å². The number of aliphatic hydroxyl groups excluding tert-OH is 1. The second-order valence-electron chi connectivity index (χ2n) is 6.82. The van der Waals surface area contributed by atoms with E-state index in [1.165, 1.54) is 12.8 Å². The second-order valence-corrected chi connectivity index (χ2v) is 7.89. The van der Waals surface area contributed by atoms with E-state index in [4.69, 9.17) is 4.98 Å². The molecule has 108 valence electrons. The van der Waals surface area contributed by atoms with Crippen molar-refractivity contribution < 1.29 is 5.11 Å². The minimum atomic E-state index is -0.000134. The summed E-state index contributed by atoms with van der Waals surface area (Å²) in [6.07, 6.45) is 2.51. The van der Waals surface area contributed by atoms with E-state index in [-0.39, 0.29) is 12.0 Å². The third-order valence-corrected chi connectivity index (χ3v) is 4.93. The van der Waals surface area contributed by atoms with E-state index in [0.29, 0.717) is 12.0 Å². The van der Waals surface area contributed by atoms with Crippen LogP contribution in [0.15, 0.2) is 0 Å². The molecule has 1 aromatic rings. The van der Waals surface area contributed by atoms with Gasteiger partial charge in [0, 0.05) is 18.0 Å². The molecule has 4 heteroatoms. The maximum atomic E-state index is 9.56. The molecule has 1 aliphatic rings. The summed E-state index contributed by atoms with van der Waals surface area (Å²) in [6.45, 7) is 12.3. The number of anilines is 1. The van der Waals surface area contributed by atoms with Gasteiger partial charge in [-0.2, -0.15) is 0 Å². The Morgan fingerprint density at radius 3 is 2.58 bits per heavy atom. The van der Waals surface area contributed by atoms with E-state index in [1.807, 2.05) is 0 Å². The van der Waals surface area contributed by atoms with Crippen LogP contribution in [0.5, 0.6) is 0 Å². The van der Waals surface area contributed by atoms with Gasteiger partial charge in [0.2, 0.25) is 0 Å². The zero-order chi connectivity index (χ0) is 14.2. The first kappa shape index (κ1) is 14.8. The molecule has 3 nitrogen and oxygen atoms in total. The molecular formula is C15H26N2OS. The van der Waals surface area contributed by atoms with Gasteiger partial charge in [0.05, 0.1) is 17.2 Å². The Hall–Kier alpha value is -0.610. The Balaban J connectivity index is 2.33. The van der Waals surface area contributed by atoms with Gasteiger partial charge in [-0.25, -0.2) is 4.98 Å². The fraction of sp³-hybridized carbons (Fsp3) is 0.800. The quantitative estimate of drug-likeness (QED) is 0.921. The van der Waals surface area contributed by atoms with Gasteiger partial charge >= 0.3 is 0 Å². The predicted octanol–water partition coefficient (Wildman–Crippen LogP) is 3.56. The van der Waals surface area contributed by atoms with Crippen LogP contribution in [0.25, 0.3) is 0 Å². The summed E-state index contributed by atoms with van der Waals surface area (Å²) < 4.78 is 0. The Labute approximate surface area is 120 Å². The summed E-state index contributed by atoms with van der Waals surface area (Å²) in [5.41, 5.74) is 1.06. The van der Waals surface area contributed by atoms with Crippen molar-refractivity contribution in [3.8, 4) is 0 Å². The highest BCUT2D eigenvalue weighted by Gasteiger charge is 2.31. The van der Waals surface area contributed by atoms with Crippen LogP contribution in [0.2, 0.25) is 0 Å². The lowest BCUT2D eigenvalue weighted by Gasteiger charge is -2.27. The van der Waals surface area contributed by atoms with Crippen LogP contribution in [-0.2, 0) is 12.0 Å². The molecule has 0 aliphatic carbocycles. The molecule has 2 rings (SSSR count). The molecule has 2 heterocycles. The smallest absolute Gasteiger partial charge is 0.186 e. The van der Waals surface area contributed by atoms with E-state index in [9.17, 15) is 5.11 Å². The first-order valence-electron chi connectivity index (χ1n) is 7.22. The van der Waals surface area contributed by atoms with E-state index < -0.39 is 0 Å². The summed E-state index contributed by atoms with van der Waals surface area (Å²) in [7, 11) is 0. The number of hydrogen-bond acceptors (Lipinski definition) is 4. The van der Waals surface area contributed by atoms with Crippen LogP contribution < -0.4 is 4.90 Å². The zero-order valence-corrected chi connectivity index (χ0v) is 13.5. The van der Waals surface area contributed by atoms with Gasteiger partial charge in [-0.1, -0.05) is 46.0 Å². The summed E-state index contributed by atoms with van der Waals surface area (Å²) in [5, 5.41) is 10.7. The molecule has 1 aromatic heterocycles. The first-order valence-corrected chi connectivity index (χ1v) is 8.04. The molecule has 0 radical (unpaired) electrons. The monoisotopic (exact) mass is 282 g/mol. The average Bonchev–Trinajstić information content (AvgIpc) is 2.93.